The number of piperidine rings is 1. The van der Waals surface area contributed by atoms with Gasteiger partial charge in [-0.25, -0.2) is 9.78 Å². The molecule has 2 amide bonds. The van der Waals surface area contributed by atoms with E-state index in [4.69, 9.17) is 52.8 Å². The topological polar surface area (TPSA) is 371 Å². The molecule has 2 bridgehead atoms. The Morgan fingerprint density at radius 2 is 1.37 bits per heavy atom. The van der Waals surface area contributed by atoms with Crippen LogP contribution in [-0.4, -0.2) is 226 Å². The second-order valence-corrected chi connectivity index (χ2v) is 29.0. The first-order valence-corrected chi connectivity index (χ1v) is 37.9. The summed E-state index contributed by atoms with van der Waals surface area (Å²) in [4.78, 5) is 42.7. The van der Waals surface area contributed by atoms with E-state index in [-0.39, 0.29) is 86.0 Å². The Hall–Kier alpha value is -7.09. The van der Waals surface area contributed by atoms with Gasteiger partial charge in [-0.3, -0.25) is 9.69 Å². The Kier molecular flexibility index (Phi) is 33.2. The van der Waals surface area contributed by atoms with Gasteiger partial charge in [0.05, 0.1) is 57.6 Å². The fourth-order valence-electron chi connectivity index (χ4n) is 13.3. The Morgan fingerprint density at radius 3 is 2.06 bits per heavy atom. The van der Waals surface area contributed by atoms with Crippen molar-refractivity contribution in [2.24, 2.45) is 17.0 Å². The van der Waals surface area contributed by atoms with Gasteiger partial charge >= 0.3 is 16.5 Å². The Labute approximate surface area is 600 Å². The molecule has 102 heavy (non-hydrogen) atoms. The number of nitrogen functional groups attached to an aromatic ring is 1. The van der Waals surface area contributed by atoms with E-state index in [1.54, 1.807) is 23.1 Å². The van der Waals surface area contributed by atoms with E-state index in [0.717, 1.165) is 69.9 Å². The first kappa shape index (κ1) is 80.6. The molecular weight excluding hydrogens is 1340 g/mol. The average Bonchev–Trinajstić information content (AvgIpc) is 0.795. The molecule has 0 aliphatic carbocycles. The highest BCUT2D eigenvalue weighted by Crippen LogP contribution is 2.39. The molecule has 4 aromatic rings. The third kappa shape index (κ3) is 26.6. The summed E-state index contributed by atoms with van der Waals surface area (Å²) in [5.41, 5.74) is 16.8. The number of pyridine rings is 1. The van der Waals surface area contributed by atoms with Crippen LogP contribution in [0.4, 0.5) is 22.0 Å². The lowest BCUT2D eigenvalue weighted by molar-refractivity contribution is -0.277. The summed E-state index contributed by atoms with van der Waals surface area (Å²) in [6.45, 7) is 14.8. The van der Waals surface area contributed by atoms with Crippen molar-refractivity contribution in [1.82, 2.24) is 30.3 Å². The first-order chi connectivity index (χ1) is 49.3. The van der Waals surface area contributed by atoms with E-state index in [1.165, 1.54) is 95.2 Å². The SMILES string of the molecule is C[C@@H]1CN(C(=O)OC(C)(C)C)CCN1CCOc1cc(N2CCCCCCCCCCCCCCCCC[C@@H]3C[C@H](CC2)CN(c2cc(-c4ccccc4OS(=O)(=O)Oc4cc(C(=O)NCCOCCOCCOCCN=[N+]=[N-])ccc4O[C@@H]4O[C@H](CO)[C@H](O)[C@H](O)[C@H]4O)nnc2N)C3)ccn1. The molecule has 4 aliphatic rings. The predicted octanol–water partition coefficient (Wildman–Crippen LogP) is 9.01. The molecule has 4 fully saturated rings. The lowest BCUT2D eigenvalue weighted by Gasteiger charge is -2.40. The van der Waals surface area contributed by atoms with E-state index < -0.39 is 70.7 Å². The highest BCUT2D eigenvalue weighted by molar-refractivity contribution is 7.82. The summed E-state index contributed by atoms with van der Waals surface area (Å²) < 4.78 is 79.9. The average molecular weight is 1450 g/mol. The van der Waals surface area contributed by atoms with Gasteiger partial charge in [0.1, 0.15) is 36.6 Å². The maximum atomic E-state index is 14.3. The molecule has 4 saturated heterocycles. The van der Waals surface area contributed by atoms with Gasteiger partial charge in [0.25, 0.3) is 5.91 Å². The maximum Gasteiger partial charge on any atom is 0.501 e. The van der Waals surface area contributed by atoms with Crippen LogP contribution in [0.15, 0.2) is 72.0 Å². The summed E-state index contributed by atoms with van der Waals surface area (Å²) in [6, 6.07) is 16.0. The number of hydrogen-bond acceptors (Lipinski definition) is 25. The molecule has 0 unspecified atom stereocenters. The predicted molar refractivity (Wildman–Crippen MR) is 385 cm³/mol. The van der Waals surface area contributed by atoms with Crippen molar-refractivity contribution in [2.45, 2.75) is 186 Å². The smallest absolute Gasteiger partial charge is 0.476 e. The molecule has 2 aromatic carbocycles. The largest absolute Gasteiger partial charge is 0.501 e. The molecule has 8 rings (SSSR count). The summed E-state index contributed by atoms with van der Waals surface area (Å²) >= 11 is 0. The van der Waals surface area contributed by atoms with Gasteiger partial charge in [-0.15, -0.1) is 18.6 Å². The van der Waals surface area contributed by atoms with Crippen LogP contribution in [0.5, 0.6) is 23.1 Å². The van der Waals surface area contributed by atoms with Crippen molar-refractivity contribution in [3.05, 3.63) is 82.9 Å². The lowest BCUT2D eigenvalue weighted by Crippen LogP contribution is -2.60. The van der Waals surface area contributed by atoms with E-state index >= 15 is 0 Å². The molecule has 8 atom stereocenters. The summed E-state index contributed by atoms with van der Waals surface area (Å²) in [5.74, 6) is -0.433. The van der Waals surface area contributed by atoms with E-state index in [2.05, 4.69) is 64.3 Å². The minimum atomic E-state index is -5.16. The van der Waals surface area contributed by atoms with Crippen LogP contribution in [0.1, 0.15) is 154 Å². The number of piperazine rings is 1. The molecule has 0 spiro atoms. The fraction of sp³-hybridized carbons (Fsp3) is 0.681. The van der Waals surface area contributed by atoms with E-state index in [0.29, 0.717) is 70.0 Å². The number of anilines is 3. The van der Waals surface area contributed by atoms with Crippen LogP contribution < -0.4 is 38.7 Å². The number of fused-ring (bicyclic) bond motifs is 2. The zero-order valence-electron chi connectivity index (χ0n) is 60.0. The van der Waals surface area contributed by atoms with Crippen LogP contribution in [0.2, 0.25) is 0 Å². The molecule has 4 aliphatic heterocycles. The normalized spacial score (nSPS) is 22.9. The van der Waals surface area contributed by atoms with Crippen molar-refractivity contribution >= 4 is 39.6 Å². The number of aliphatic hydroxyl groups excluding tert-OH is 4. The fourth-order valence-corrected chi connectivity index (χ4v) is 14.1. The molecule has 0 saturated carbocycles. The number of aliphatic hydroxyl groups is 4. The number of carbonyl (C=O) groups excluding carboxylic acids is 2. The second-order valence-electron chi connectivity index (χ2n) is 27.8. The molecular formula is C72H110N12O17S. The van der Waals surface area contributed by atoms with Gasteiger partial charge in [-0.05, 0) is 113 Å². The second kappa shape index (κ2) is 42.0. The number of benzene rings is 2. The number of rotatable bonds is 27. The van der Waals surface area contributed by atoms with Crippen molar-refractivity contribution in [1.29, 1.82) is 0 Å². The number of aromatic nitrogens is 3. The Balaban J connectivity index is 0.969. The summed E-state index contributed by atoms with van der Waals surface area (Å²) in [7, 11) is -5.16. The number of azide groups is 1. The molecule has 29 nitrogen and oxygen atoms in total. The number of amides is 2. The van der Waals surface area contributed by atoms with Gasteiger partial charge in [0, 0.05) is 105 Å². The highest BCUT2D eigenvalue weighted by atomic mass is 32.3. The van der Waals surface area contributed by atoms with Crippen LogP contribution >= 0.6 is 0 Å². The summed E-state index contributed by atoms with van der Waals surface area (Å²) in [5, 5.41) is 56.9. The van der Waals surface area contributed by atoms with Gasteiger partial charge in [-0.1, -0.05) is 107 Å². The van der Waals surface area contributed by atoms with Gasteiger partial charge < -0.3 is 87.7 Å². The Morgan fingerprint density at radius 1 is 0.716 bits per heavy atom. The molecule has 6 heterocycles. The summed E-state index contributed by atoms with van der Waals surface area (Å²) in [6.07, 6.45) is 14.4. The van der Waals surface area contributed by atoms with Gasteiger partial charge in [0.15, 0.2) is 23.1 Å². The van der Waals surface area contributed by atoms with Gasteiger partial charge in [0.2, 0.25) is 12.2 Å². The molecule has 7 N–H and O–H groups in total. The lowest BCUT2D eigenvalue weighted by atomic mass is 9.83. The number of hydrogen-bond donors (Lipinski definition) is 6. The molecule has 2 aromatic heterocycles. The minimum Gasteiger partial charge on any atom is -0.476 e. The van der Waals surface area contributed by atoms with Crippen molar-refractivity contribution in [3.63, 3.8) is 0 Å². The number of nitrogens with two attached hydrogens (primary N) is 1. The molecule has 566 valence electrons. The number of para-hydroxylation sites is 1. The Bertz CT molecular complexity index is 3350. The van der Waals surface area contributed by atoms with Crippen LogP contribution in [0, 0.1) is 11.8 Å². The number of nitrogens with zero attached hydrogens (tertiary/aromatic N) is 10. The highest BCUT2D eigenvalue weighted by Gasteiger charge is 2.45. The standard InChI is InChI=1S/C72H110N12O17S/c1-52-48-83(71(90)99-72(2,3)4)35-34-81(52)36-39-96-64-46-56(27-29-75-64)82-32-21-17-15-13-11-9-7-5-6-8-10-12-14-16-18-22-53-44-54(28-33-82)50-84(49-53)59-47-58(78-79-68(59)73)57-23-19-20-24-60(57)100-102(91,92)101-62-45-55(25-26-61(62)97-70-67(88)66(87)65(86)63(51-85)98-70)69(89)76-30-37-93-40-42-95-43-41-94-38-31-77-80-74/h19-20,23-27,29,45-47,52-54,63,65-67,70,85-88H,5-18,21-22,28,30-44,48-51H2,1-4H3,(H2,73,79)(H,76,89)/t52-,53-,54+,63-,65+,66+,67-,70-/m1/s1. The van der Waals surface area contributed by atoms with Gasteiger partial charge in [-0.2, -0.15) is 0 Å². The van der Waals surface area contributed by atoms with E-state index in [1.807, 2.05) is 33.0 Å². The zero-order valence-corrected chi connectivity index (χ0v) is 60.8. The van der Waals surface area contributed by atoms with Crippen molar-refractivity contribution < 1.29 is 80.0 Å². The maximum absolute atomic E-state index is 14.3. The third-order valence-corrected chi connectivity index (χ3v) is 19.5. The quantitative estimate of drug-likeness (QED) is 0.0140. The number of ether oxygens (including phenoxy) is 7. The van der Waals surface area contributed by atoms with Crippen LogP contribution in [0.3, 0.4) is 0 Å². The molecule has 30 heteroatoms. The first-order valence-electron chi connectivity index (χ1n) is 36.6. The van der Waals surface area contributed by atoms with Crippen molar-refractivity contribution in [3.8, 4) is 34.4 Å². The zero-order chi connectivity index (χ0) is 72.7. The van der Waals surface area contributed by atoms with Crippen molar-refractivity contribution in [2.75, 3.05) is 134 Å². The third-order valence-electron chi connectivity index (χ3n) is 18.8. The minimum absolute atomic E-state index is 0.0418. The molecule has 0 radical (unpaired) electrons. The van der Waals surface area contributed by atoms with Crippen LogP contribution in [-0.2, 0) is 34.1 Å². The number of carbonyl (C=O) groups is 2. The van der Waals surface area contributed by atoms with E-state index in [9.17, 15) is 38.4 Å². The monoisotopic (exact) mass is 1450 g/mol. The van der Waals surface area contributed by atoms with Crippen LogP contribution in [0.25, 0.3) is 21.7 Å². The number of nitrogens with one attached hydrogen (secondary N) is 1.